The van der Waals surface area contributed by atoms with Crippen LogP contribution in [-0.4, -0.2) is 5.78 Å². The van der Waals surface area contributed by atoms with Gasteiger partial charge >= 0.3 is 0 Å². The highest BCUT2D eigenvalue weighted by atomic mass is 16.5. The van der Waals surface area contributed by atoms with Crippen LogP contribution in [0.3, 0.4) is 0 Å². The Morgan fingerprint density at radius 1 is 1.00 bits per heavy atom. The van der Waals surface area contributed by atoms with Gasteiger partial charge in [0.2, 0.25) is 0 Å². The van der Waals surface area contributed by atoms with Gasteiger partial charge in [-0.3, -0.25) is 4.79 Å². The van der Waals surface area contributed by atoms with E-state index >= 15 is 0 Å². The van der Waals surface area contributed by atoms with Crippen LogP contribution < -0.4 is 4.74 Å². The zero-order chi connectivity index (χ0) is 12.1. The van der Waals surface area contributed by atoms with Crippen LogP contribution in [-0.2, 0) is 0 Å². The molecular formula is C14H9NO2. The predicted molar refractivity (Wildman–Crippen MR) is 62.6 cm³/mol. The van der Waals surface area contributed by atoms with Crippen molar-refractivity contribution in [3.63, 3.8) is 0 Å². The van der Waals surface area contributed by atoms with Crippen LogP contribution in [0.2, 0.25) is 0 Å². The first-order chi connectivity index (χ1) is 8.33. The van der Waals surface area contributed by atoms with E-state index < -0.39 is 0 Å². The molecule has 0 saturated carbocycles. The molecule has 0 fully saturated rings. The lowest BCUT2D eigenvalue weighted by Crippen LogP contribution is -2.03. The second kappa shape index (κ2) is 4.95. The van der Waals surface area contributed by atoms with Gasteiger partial charge in [0.15, 0.2) is 11.5 Å². The van der Waals surface area contributed by atoms with Crippen molar-refractivity contribution in [2.75, 3.05) is 0 Å². The molecule has 3 heteroatoms. The first-order valence-electron chi connectivity index (χ1n) is 5.07. The highest BCUT2D eigenvalue weighted by Gasteiger charge is 2.13. The standard InChI is InChI=1S/C14H9NO2/c15-10-17-13-9-5-4-8-12(13)14(16)11-6-2-1-3-7-11/h1-9H. The van der Waals surface area contributed by atoms with Gasteiger partial charge in [0.25, 0.3) is 6.26 Å². The van der Waals surface area contributed by atoms with E-state index in [4.69, 9.17) is 10.00 Å². The van der Waals surface area contributed by atoms with Crippen LogP contribution in [0.15, 0.2) is 54.6 Å². The smallest absolute Gasteiger partial charge is 0.292 e. The number of carbonyl (C=O) groups is 1. The number of para-hydroxylation sites is 1. The molecule has 2 rings (SSSR count). The topological polar surface area (TPSA) is 50.1 Å². The van der Waals surface area contributed by atoms with Crippen molar-refractivity contribution >= 4 is 5.78 Å². The minimum Gasteiger partial charge on any atom is -0.387 e. The lowest BCUT2D eigenvalue weighted by Gasteiger charge is -2.04. The third kappa shape index (κ3) is 2.32. The summed E-state index contributed by atoms with van der Waals surface area (Å²) < 4.78 is 4.76. The summed E-state index contributed by atoms with van der Waals surface area (Å²) in [4.78, 5) is 12.2. The summed E-state index contributed by atoms with van der Waals surface area (Å²) in [5, 5.41) is 8.51. The molecule has 17 heavy (non-hydrogen) atoms. The van der Waals surface area contributed by atoms with Gasteiger partial charge < -0.3 is 4.74 Å². The SMILES string of the molecule is N#COc1ccccc1C(=O)c1ccccc1. The fourth-order valence-electron chi connectivity index (χ4n) is 1.54. The second-order valence-corrected chi connectivity index (χ2v) is 3.38. The fourth-order valence-corrected chi connectivity index (χ4v) is 1.54. The number of ketones is 1. The van der Waals surface area contributed by atoms with Crippen molar-refractivity contribution in [1.29, 1.82) is 5.26 Å². The lowest BCUT2D eigenvalue weighted by molar-refractivity contribution is 0.103. The molecule has 0 N–H and O–H groups in total. The fraction of sp³-hybridized carbons (Fsp3) is 0. The third-order valence-electron chi connectivity index (χ3n) is 2.32. The molecule has 0 spiro atoms. The van der Waals surface area contributed by atoms with E-state index in [2.05, 4.69) is 0 Å². The lowest BCUT2D eigenvalue weighted by atomic mass is 10.0. The number of hydrogen-bond acceptors (Lipinski definition) is 3. The molecule has 0 aliphatic carbocycles. The Morgan fingerprint density at radius 2 is 1.65 bits per heavy atom. The minimum absolute atomic E-state index is 0.156. The molecule has 2 aromatic carbocycles. The molecule has 0 amide bonds. The summed E-state index contributed by atoms with van der Waals surface area (Å²) >= 11 is 0. The molecule has 0 atom stereocenters. The van der Waals surface area contributed by atoms with Crippen LogP contribution in [0.5, 0.6) is 5.75 Å². The van der Waals surface area contributed by atoms with Crippen molar-refractivity contribution in [2.24, 2.45) is 0 Å². The molecule has 3 nitrogen and oxygen atoms in total. The van der Waals surface area contributed by atoms with Gasteiger partial charge in [0.1, 0.15) is 0 Å². The Bertz CT molecular complexity index is 570. The normalized spacial score (nSPS) is 9.35. The van der Waals surface area contributed by atoms with E-state index in [-0.39, 0.29) is 11.5 Å². The number of benzene rings is 2. The van der Waals surface area contributed by atoms with E-state index in [1.165, 1.54) is 0 Å². The maximum atomic E-state index is 12.2. The van der Waals surface area contributed by atoms with E-state index in [0.717, 1.165) is 0 Å². The van der Waals surface area contributed by atoms with Crippen LogP contribution in [0.4, 0.5) is 0 Å². The second-order valence-electron chi connectivity index (χ2n) is 3.38. The van der Waals surface area contributed by atoms with Gasteiger partial charge in [-0.2, -0.15) is 0 Å². The van der Waals surface area contributed by atoms with Crippen LogP contribution in [0.1, 0.15) is 15.9 Å². The Balaban J connectivity index is 2.42. The highest BCUT2D eigenvalue weighted by molar-refractivity contribution is 6.10. The number of hydrogen-bond donors (Lipinski definition) is 0. The van der Waals surface area contributed by atoms with Crippen LogP contribution in [0.25, 0.3) is 0 Å². The molecule has 0 heterocycles. The summed E-state index contributed by atoms with van der Waals surface area (Å²) in [7, 11) is 0. The predicted octanol–water partition coefficient (Wildman–Crippen LogP) is 2.78. The number of nitriles is 1. The Hall–Kier alpha value is -2.60. The van der Waals surface area contributed by atoms with E-state index in [0.29, 0.717) is 11.1 Å². The molecular weight excluding hydrogens is 214 g/mol. The summed E-state index contributed by atoms with van der Waals surface area (Å²) in [5.74, 6) is 0.125. The van der Waals surface area contributed by atoms with Gasteiger partial charge in [-0.15, -0.1) is 5.26 Å². The van der Waals surface area contributed by atoms with Gasteiger partial charge in [-0.25, -0.2) is 0 Å². The average Bonchev–Trinajstić information content (AvgIpc) is 2.40. The molecule has 0 radical (unpaired) electrons. The number of rotatable bonds is 3. The van der Waals surface area contributed by atoms with Gasteiger partial charge in [0.05, 0.1) is 5.56 Å². The zero-order valence-corrected chi connectivity index (χ0v) is 8.96. The van der Waals surface area contributed by atoms with Crippen molar-refractivity contribution in [1.82, 2.24) is 0 Å². The quantitative estimate of drug-likeness (QED) is 0.593. The minimum atomic E-state index is -0.156. The maximum absolute atomic E-state index is 12.2. The molecule has 0 unspecified atom stereocenters. The molecule has 0 aliphatic heterocycles. The number of ether oxygens (including phenoxy) is 1. The molecule has 2 aromatic rings. The summed E-state index contributed by atoms with van der Waals surface area (Å²) in [6, 6.07) is 15.6. The molecule has 0 aromatic heterocycles. The van der Waals surface area contributed by atoms with E-state index in [1.54, 1.807) is 54.8 Å². The van der Waals surface area contributed by atoms with E-state index in [1.807, 2.05) is 6.07 Å². The Labute approximate surface area is 98.9 Å². The molecule has 0 saturated heterocycles. The Morgan fingerprint density at radius 3 is 2.35 bits per heavy atom. The summed E-state index contributed by atoms with van der Waals surface area (Å²) in [6.45, 7) is 0. The van der Waals surface area contributed by atoms with Crippen molar-refractivity contribution in [2.45, 2.75) is 0 Å². The van der Waals surface area contributed by atoms with Gasteiger partial charge in [0, 0.05) is 5.56 Å². The summed E-state index contributed by atoms with van der Waals surface area (Å²) in [6.07, 6.45) is 1.58. The summed E-state index contributed by atoms with van der Waals surface area (Å²) in [5.41, 5.74) is 0.960. The van der Waals surface area contributed by atoms with Crippen LogP contribution >= 0.6 is 0 Å². The number of carbonyl (C=O) groups excluding carboxylic acids is 1. The number of nitrogens with zero attached hydrogens (tertiary/aromatic N) is 1. The average molecular weight is 223 g/mol. The highest BCUT2D eigenvalue weighted by Crippen LogP contribution is 2.21. The van der Waals surface area contributed by atoms with Crippen LogP contribution in [0, 0.1) is 11.5 Å². The van der Waals surface area contributed by atoms with Crippen molar-refractivity contribution in [3.8, 4) is 12.0 Å². The molecule has 82 valence electrons. The Kier molecular flexibility index (Phi) is 3.18. The molecule has 0 aliphatic rings. The van der Waals surface area contributed by atoms with E-state index in [9.17, 15) is 4.79 Å². The molecule has 0 bridgehead atoms. The zero-order valence-electron chi connectivity index (χ0n) is 8.96. The first kappa shape index (κ1) is 10.9. The van der Waals surface area contributed by atoms with Gasteiger partial charge in [-0.05, 0) is 12.1 Å². The monoisotopic (exact) mass is 223 g/mol. The third-order valence-corrected chi connectivity index (χ3v) is 2.32. The first-order valence-corrected chi connectivity index (χ1v) is 5.07. The van der Waals surface area contributed by atoms with Crippen molar-refractivity contribution in [3.05, 3.63) is 65.7 Å². The largest absolute Gasteiger partial charge is 0.387 e. The van der Waals surface area contributed by atoms with Crippen molar-refractivity contribution < 1.29 is 9.53 Å². The van der Waals surface area contributed by atoms with Gasteiger partial charge in [-0.1, -0.05) is 42.5 Å². The maximum Gasteiger partial charge on any atom is 0.292 e.